The van der Waals surface area contributed by atoms with Crippen LogP contribution in [0.5, 0.6) is 0 Å². The molecule has 0 saturated heterocycles. The molecule has 0 aliphatic heterocycles. The third kappa shape index (κ3) is 3.04. The summed E-state index contributed by atoms with van der Waals surface area (Å²) in [5.74, 6) is 0. The molecule has 2 aromatic heterocycles. The van der Waals surface area contributed by atoms with Gasteiger partial charge in [-0.05, 0) is 20.3 Å². The van der Waals surface area contributed by atoms with E-state index in [4.69, 9.17) is 0 Å². The van der Waals surface area contributed by atoms with Crippen molar-refractivity contribution >= 4 is 27.8 Å². The molecule has 0 bridgehead atoms. The molecule has 0 aromatic carbocycles. The maximum absolute atomic E-state index is 4.61. The van der Waals surface area contributed by atoms with Crippen LogP contribution in [0.4, 0.5) is 5.13 Å². The highest BCUT2D eigenvalue weighted by Crippen LogP contribution is 2.31. The third-order valence-corrected chi connectivity index (χ3v) is 3.94. The van der Waals surface area contributed by atoms with E-state index in [9.17, 15) is 0 Å². The monoisotopic (exact) mass is 267 g/mol. The zero-order valence-corrected chi connectivity index (χ0v) is 12.0. The number of aryl methyl sites for hydroxylation is 1. The number of hydrogen-bond donors (Lipinski definition) is 1. The Morgan fingerprint density at radius 1 is 1.35 bits per heavy atom. The van der Waals surface area contributed by atoms with Gasteiger partial charge < -0.3 is 5.32 Å². The number of rotatable bonds is 5. The molecule has 3 nitrogen and oxygen atoms in total. The van der Waals surface area contributed by atoms with Crippen LogP contribution in [0, 0.1) is 0 Å². The lowest BCUT2D eigenvalue weighted by atomic mass is 10.2. The van der Waals surface area contributed by atoms with Crippen molar-refractivity contribution < 1.29 is 0 Å². The first kappa shape index (κ1) is 12.5. The maximum Gasteiger partial charge on any atom is 0.183 e. The lowest BCUT2D eigenvalue weighted by Gasteiger charge is -2.04. The zero-order chi connectivity index (χ0) is 12.3. The van der Waals surface area contributed by atoms with Crippen molar-refractivity contribution in [3.8, 4) is 10.6 Å². The summed E-state index contributed by atoms with van der Waals surface area (Å²) in [6, 6.07) is 0.422. The number of aromatic nitrogens is 2. The van der Waals surface area contributed by atoms with Gasteiger partial charge in [0.05, 0.1) is 21.8 Å². The van der Waals surface area contributed by atoms with Crippen molar-refractivity contribution in [1.82, 2.24) is 9.97 Å². The van der Waals surface area contributed by atoms with Crippen molar-refractivity contribution in [2.75, 3.05) is 5.32 Å². The standard InChI is InChI=1S/C12H17N3S2/c1-4-5-9-11(17-7-13-9)10-6-16-12(15-10)14-8(2)3/h6-8H,4-5H2,1-3H3,(H,14,15). The van der Waals surface area contributed by atoms with Gasteiger partial charge in [0.2, 0.25) is 0 Å². The Morgan fingerprint density at radius 2 is 2.18 bits per heavy atom. The molecule has 1 N–H and O–H groups in total. The Bertz CT molecular complexity index is 474. The second-order valence-electron chi connectivity index (χ2n) is 4.22. The van der Waals surface area contributed by atoms with Gasteiger partial charge in [0.25, 0.3) is 0 Å². The summed E-state index contributed by atoms with van der Waals surface area (Å²) in [4.78, 5) is 10.3. The van der Waals surface area contributed by atoms with Gasteiger partial charge in [0, 0.05) is 11.4 Å². The fraction of sp³-hybridized carbons (Fsp3) is 0.500. The van der Waals surface area contributed by atoms with Gasteiger partial charge in [-0.25, -0.2) is 9.97 Å². The summed E-state index contributed by atoms with van der Waals surface area (Å²) in [5, 5.41) is 6.43. The van der Waals surface area contributed by atoms with Crippen LogP contribution < -0.4 is 5.32 Å². The van der Waals surface area contributed by atoms with Crippen LogP contribution in [0.15, 0.2) is 10.9 Å². The molecule has 0 unspecified atom stereocenters. The van der Waals surface area contributed by atoms with E-state index in [2.05, 4.69) is 41.4 Å². The van der Waals surface area contributed by atoms with Gasteiger partial charge in [0.1, 0.15) is 0 Å². The fourth-order valence-electron chi connectivity index (χ4n) is 1.58. The van der Waals surface area contributed by atoms with Crippen molar-refractivity contribution in [3.63, 3.8) is 0 Å². The Labute approximate surface area is 110 Å². The zero-order valence-electron chi connectivity index (χ0n) is 10.4. The first-order valence-corrected chi connectivity index (χ1v) is 7.61. The fourth-order valence-corrected chi connectivity index (χ4v) is 3.31. The minimum atomic E-state index is 0.422. The Balaban J connectivity index is 2.21. The second kappa shape index (κ2) is 5.60. The van der Waals surface area contributed by atoms with Gasteiger partial charge in [-0.2, -0.15) is 0 Å². The smallest absolute Gasteiger partial charge is 0.183 e. The molecule has 0 fully saturated rings. The van der Waals surface area contributed by atoms with Crippen LogP contribution in [0.1, 0.15) is 32.9 Å². The van der Waals surface area contributed by atoms with Crippen molar-refractivity contribution in [2.45, 2.75) is 39.7 Å². The molecular formula is C12H17N3S2. The maximum atomic E-state index is 4.61. The third-order valence-electron chi connectivity index (χ3n) is 2.28. The molecule has 0 aliphatic carbocycles. The number of hydrogen-bond acceptors (Lipinski definition) is 5. The molecule has 0 saturated carbocycles. The molecule has 0 atom stereocenters. The lowest BCUT2D eigenvalue weighted by Crippen LogP contribution is -2.08. The predicted octanol–water partition coefficient (Wildman–Crippen LogP) is 4.04. The molecule has 0 radical (unpaired) electrons. The number of thiazole rings is 2. The molecule has 0 spiro atoms. The highest BCUT2D eigenvalue weighted by molar-refractivity contribution is 7.15. The molecule has 5 heteroatoms. The average Bonchev–Trinajstić information content (AvgIpc) is 2.86. The molecular weight excluding hydrogens is 250 g/mol. The summed E-state index contributed by atoms with van der Waals surface area (Å²) in [7, 11) is 0. The van der Waals surface area contributed by atoms with Crippen LogP contribution in [0.25, 0.3) is 10.6 Å². The van der Waals surface area contributed by atoms with E-state index in [1.54, 1.807) is 22.7 Å². The van der Waals surface area contributed by atoms with Crippen LogP contribution in [-0.2, 0) is 6.42 Å². The summed E-state index contributed by atoms with van der Waals surface area (Å²) in [6.07, 6.45) is 2.15. The van der Waals surface area contributed by atoms with Crippen molar-refractivity contribution in [3.05, 3.63) is 16.6 Å². The molecule has 92 valence electrons. The molecule has 0 amide bonds. The van der Waals surface area contributed by atoms with Crippen LogP contribution in [0.3, 0.4) is 0 Å². The van der Waals surface area contributed by atoms with Crippen LogP contribution in [-0.4, -0.2) is 16.0 Å². The van der Waals surface area contributed by atoms with E-state index in [1.807, 2.05) is 5.51 Å². The SMILES string of the molecule is CCCc1ncsc1-c1csc(NC(C)C)n1. The largest absolute Gasteiger partial charge is 0.359 e. The molecule has 2 rings (SSSR count). The Kier molecular flexibility index (Phi) is 4.12. The van der Waals surface area contributed by atoms with Gasteiger partial charge in [-0.3, -0.25) is 0 Å². The molecule has 2 aromatic rings. The van der Waals surface area contributed by atoms with Gasteiger partial charge in [-0.1, -0.05) is 13.3 Å². The number of anilines is 1. The van der Waals surface area contributed by atoms with Crippen LogP contribution in [0.2, 0.25) is 0 Å². The first-order chi connectivity index (χ1) is 8.20. The second-order valence-corrected chi connectivity index (χ2v) is 5.93. The summed E-state index contributed by atoms with van der Waals surface area (Å²) >= 11 is 3.34. The summed E-state index contributed by atoms with van der Waals surface area (Å²) < 4.78 is 0. The molecule has 2 heterocycles. The van der Waals surface area contributed by atoms with Gasteiger partial charge in [0.15, 0.2) is 5.13 Å². The molecule has 0 aliphatic rings. The van der Waals surface area contributed by atoms with E-state index in [0.29, 0.717) is 6.04 Å². The number of nitrogens with zero attached hydrogens (tertiary/aromatic N) is 2. The lowest BCUT2D eigenvalue weighted by molar-refractivity contribution is 0.891. The van der Waals surface area contributed by atoms with E-state index < -0.39 is 0 Å². The number of nitrogens with one attached hydrogen (secondary N) is 1. The topological polar surface area (TPSA) is 37.8 Å². The normalized spacial score (nSPS) is 11.1. The Hall–Kier alpha value is -0.940. The van der Waals surface area contributed by atoms with E-state index in [0.717, 1.165) is 23.7 Å². The predicted molar refractivity (Wildman–Crippen MR) is 76.0 cm³/mol. The minimum Gasteiger partial charge on any atom is -0.359 e. The highest BCUT2D eigenvalue weighted by atomic mass is 32.1. The summed E-state index contributed by atoms with van der Waals surface area (Å²) in [6.45, 7) is 6.42. The van der Waals surface area contributed by atoms with Crippen molar-refractivity contribution in [2.24, 2.45) is 0 Å². The molecule has 17 heavy (non-hydrogen) atoms. The van der Waals surface area contributed by atoms with Crippen LogP contribution >= 0.6 is 22.7 Å². The van der Waals surface area contributed by atoms with Crippen molar-refractivity contribution in [1.29, 1.82) is 0 Å². The summed E-state index contributed by atoms with van der Waals surface area (Å²) in [5.41, 5.74) is 4.15. The quantitative estimate of drug-likeness (QED) is 0.888. The van der Waals surface area contributed by atoms with Gasteiger partial charge in [-0.15, -0.1) is 22.7 Å². The van der Waals surface area contributed by atoms with E-state index >= 15 is 0 Å². The Morgan fingerprint density at radius 3 is 2.88 bits per heavy atom. The average molecular weight is 267 g/mol. The van der Waals surface area contributed by atoms with E-state index in [-0.39, 0.29) is 0 Å². The minimum absolute atomic E-state index is 0.422. The van der Waals surface area contributed by atoms with Gasteiger partial charge >= 0.3 is 0 Å². The first-order valence-electron chi connectivity index (χ1n) is 5.85. The highest BCUT2D eigenvalue weighted by Gasteiger charge is 2.11. The van der Waals surface area contributed by atoms with E-state index in [1.165, 1.54) is 10.6 Å².